The van der Waals surface area contributed by atoms with E-state index in [1.807, 2.05) is 38.5 Å². The lowest BCUT2D eigenvalue weighted by Crippen LogP contribution is -2.46. The largest absolute Gasteiger partial charge is 0.354 e. The van der Waals surface area contributed by atoms with E-state index in [9.17, 15) is 13.2 Å². The van der Waals surface area contributed by atoms with Crippen LogP contribution in [0, 0.1) is 12.8 Å². The molecule has 0 spiro atoms. The highest BCUT2D eigenvalue weighted by atomic mass is 32.2. The van der Waals surface area contributed by atoms with Gasteiger partial charge < -0.3 is 10.2 Å². The zero-order chi connectivity index (χ0) is 20.3. The average Bonchev–Trinajstić information content (AvgIpc) is 3.34. The molecule has 0 aromatic carbocycles. The van der Waals surface area contributed by atoms with E-state index in [2.05, 4.69) is 16.3 Å². The zero-order valence-electron chi connectivity index (χ0n) is 16.4. The first-order chi connectivity index (χ1) is 13.3. The molecule has 1 fully saturated rings. The van der Waals surface area contributed by atoms with Crippen LogP contribution in [0.3, 0.4) is 0 Å². The maximum atomic E-state index is 12.9. The van der Waals surface area contributed by atoms with E-state index in [1.165, 1.54) is 20.5 Å². The van der Waals surface area contributed by atoms with Gasteiger partial charge in [-0.05, 0) is 57.4 Å². The third kappa shape index (κ3) is 4.83. The van der Waals surface area contributed by atoms with Gasteiger partial charge in [0.15, 0.2) is 0 Å². The number of sulfonamides is 1. The van der Waals surface area contributed by atoms with Crippen LogP contribution < -0.4 is 5.32 Å². The Morgan fingerprint density at radius 2 is 2.14 bits per heavy atom. The fourth-order valence-electron chi connectivity index (χ4n) is 3.41. The summed E-state index contributed by atoms with van der Waals surface area (Å²) in [7, 11) is 0.467. The summed E-state index contributed by atoms with van der Waals surface area (Å²) >= 11 is 2.95. The number of carbonyl (C=O) groups is 1. The van der Waals surface area contributed by atoms with Crippen molar-refractivity contribution in [2.24, 2.45) is 5.92 Å². The van der Waals surface area contributed by atoms with Crippen molar-refractivity contribution in [3.05, 3.63) is 39.4 Å². The number of piperidine rings is 1. The predicted octanol–water partition coefficient (Wildman–Crippen LogP) is 2.94. The lowest BCUT2D eigenvalue weighted by Gasteiger charge is -2.31. The summed E-state index contributed by atoms with van der Waals surface area (Å²) in [6.07, 6.45) is 1.41. The number of thiophene rings is 2. The van der Waals surface area contributed by atoms with Crippen LogP contribution in [0.5, 0.6) is 0 Å². The number of likely N-dealkylation sites (N-methyl/N-ethyl adjacent to an activating group) is 1. The van der Waals surface area contributed by atoms with Crippen molar-refractivity contribution < 1.29 is 13.2 Å². The van der Waals surface area contributed by atoms with Crippen LogP contribution in [0.25, 0.3) is 0 Å². The maximum absolute atomic E-state index is 12.9. The summed E-state index contributed by atoms with van der Waals surface area (Å²) in [6.45, 7) is 3.12. The number of nitrogens with zero attached hydrogens (tertiary/aromatic N) is 2. The molecular weight excluding hydrogens is 414 g/mol. The number of rotatable bonds is 7. The van der Waals surface area contributed by atoms with E-state index in [0.29, 0.717) is 30.1 Å². The zero-order valence-corrected chi connectivity index (χ0v) is 18.9. The molecule has 154 valence electrons. The van der Waals surface area contributed by atoms with E-state index in [0.717, 1.165) is 4.88 Å². The number of amides is 1. The number of hydrogen-bond acceptors (Lipinski definition) is 6. The third-order valence-electron chi connectivity index (χ3n) is 5.03. The summed E-state index contributed by atoms with van der Waals surface area (Å²) in [6, 6.07) is 7.66. The van der Waals surface area contributed by atoms with E-state index >= 15 is 0 Å². The van der Waals surface area contributed by atoms with Crippen molar-refractivity contribution in [1.29, 1.82) is 0 Å². The Bertz CT molecular complexity index is 891. The summed E-state index contributed by atoms with van der Waals surface area (Å²) in [4.78, 5) is 17.0. The van der Waals surface area contributed by atoms with Gasteiger partial charge in [0.2, 0.25) is 5.91 Å². The number of hydrogen-bond donors (Lipinski definition) is 1. The first kappa shape index (κ1) is 21.4. The van der Waals surface area contributed by atoms with E-state index in [-0.39, 0.29) is 24.4 Å². The molecular formula is C19H27N3O3S3. The molecule has 0 aliphatic carbocycles. The molecule has 1 saturated heterocycles. The van der Waals surface area contributed by atoms with Gasteiger partial charge in [-0.15, -0.1) is 22.7 Å². The molecule has 0 saturated carbocycles. The monoisotopic (exact) mass is 441 g/mol. The summed E-state index contributed by atoms with van der Waals surface area (Å²) in [5.41, 5.74) is 0. The Labute approximate surface area is 175 Å². The molecule has 1 aliphatic rings. The smallest absolute Gasteiger partial charge is 0.252 e. The fourth-order valence-corrected chi connectivity index (χ4v) is 7.30. The molecule has 2 atom stereocenters. The van der Waals surface area contributed by atoms with Crippen LogP contribution in [0.15, 0.2) is 33.9 Å². The van der Waals surface area contributed by atoms with Gasteiger partial charge >= 0.3 is 0 Å². The van der Waals surface area contributed by atoms with Crippen LogP contribution in [0.4, 0.5) is 0 Å². The van der Waals surface area contributed by atoms with Crippen molar-refractivity contribution in [2.75, 3.05) is 33.7 Å². The Morgan fingerprint density at radius 1 is 1.36 bits per heavy atom. The molecule has 28 heavy (non-hydrogen) atoms. The Balaban J connectivity index is 1.63. The molecule has 9 heteroatoms. The molecule has 3 heterocycles. The van der Waals surface area contributed by atoms with Gasteiger partial charge in [-0.2, -0.15) is 4.31 Å². The number of carbonyl (C=O) groups excluding carboxylic acids is 1. The van der Waals surface area contributed by atoms with Crippen LogP contribution >= 0.6 is 22.7 Å². The normalized spacial score (nSPS) is 19.6. The highest BCUT2D eigenvalue weighted by Crippen LogP contribution is 2.28. The summed E-state index contributed by atoms with van der Waals surface area (Å²) < 4.78 is 27.6. The Morgan fingerprint density at radius 3 is 2.75 bits per heavy atom. The van der Waals surface area contributed by atoms with Gasteiger partial charge in [-0.3, -0.25) is 4.79 Å². The van der Waals surface area contributed by atoms with Crippen molar-refractivity contribution >= 4 is 38.6 Å². The minimum Gasteiger partial charge on any atom is -0.354 e. The first-order valence-corrected chi connectivity index (χ1v) is 12.5. The summed E-state index contributed by atoms with van der Waals surface area (Å²) in [5, 5.41) is 5.08. The third-order valence-corrected chi connectivity index (χ3v) is 9.34. The van der Waals surface area contributed by atoms with E-state index in [1.54, 1.807) is 17.4 Å². The van der Waals surface area contributed by atoms with Gasteiger partial charge in [0.25, 0.3) is 10.0 Å². The average molecular weight is 442 g/mol. The lowest BCUT2D eigenvalue weighted by atomic mass is 9.98. The number of aryl methyl sites for hydroxylation is 1. The van der Waals surface area contributed by atoms with Gasteiger partial charge in [0.05, 0.1) is 12.0 Å². The highest BCUT2D eigenvalue weighted by molar-refractivity contribution is 7.91. The van der Waals surface area contributed by atoms with Crippen molar-refractivity contribution in [3.63, 3.8) is 0 Å². The second-order valence-corrected chi connectivity index (χ2v) is 11.7. The van der Waals surface area contributed by atoms with E-state index < -0.39 is 10.0 Å². The van der Waals surface area contributed by atoms with Crippen molar-refractivity contribution in [1.82, 2.24) is 14.5 Å². The Kier molecular flexibility index (Phi) is 6.93. The van der Waals surface area contributed by atoms with Crippen LogP contribution in [0.1, 0.15) is 28.6 Å². The fraction of sp³-hybridized carbons (Fsp3) is 0.526. The second kappa shape index (κ2) is 9.04. The van der Waals surface area contributed by atoms with Gasteiger partial charge in [-0.1, -0.05) is 6.07 Å². The molecule has 1 amide bonds. The summed E-state index contributed by atoms with van der Waals surface area (Å²) in [5.74, 6) is -0.374. The molecule has 3 rings (SSSR count). The standard InChI is InChI=1S/C19H27N3O3S3/c1-14-8-9-18(27-14)28(24,25)22-10-4-6-15(13-22)19(23)20-12-16(21(2)3)17-7-5-11-26-17/h5,7-9,11,15-16H,4,6,10,12-13H2,1-3H3,(H,20,23)/t15-,16+/m1/s1. The molecule has 0 radical (unpaired) electrons. The molecule has 1 N–H and O–H groups in total. The molecule has 0 unspecified atom stereocenters. The highest BCUT2D eigenvalue weighted by Gasteiger charge is 2.34. The molecule has 2 aromatic rings. The quantitative estimate of drug-likeness (QED) is 0.717. The van der Waals surface area contributed by atoms with Crippen molar-refractivity contribution in [2.45, 2.75) is 30.0 Å². The molecule has 1 aliphatic heterocycles. The Hall–Kier alpha value is -1.26. The van der Waals surface area contributed by atoms with Crippen LogP contribution in [0.2, 0.25) is 0 Å². The maximum Gasteiger partial charge on any atom is 0.252 e. The van der Waals surface area contributed by atoms with Crippen molar-refractivity contribution in [3.8, 4) is 0 Å². The molecule has 0 bridgehead atoms. The van der Waals surface area contributed by atoms with E-state index in [4.69, 9.17) is 0 Å². The number of nitrogens with one attached hydrogen (secondary N) is 1. The minimum absolute atomic E-state index is 0.0642. The SMILES string of the molecule is Cc1ccc(S(=O)(=O)N2CCC[C@@H](C(=O)NC[C@@H](c3cccs3)N(C)C)C2)s1. The molecule has 2 aromatic heterocycles. The van der Waals surface area contributed by atoms with Crippen LogP contribution in [-0.4, -0.2) is 57.3 Å². The topological polar surface area (TPSA) is 69.7 Å². The van der Waals surface area contributed by atoms with Gasteiger partial charge in [0.1, 0.15) is 4.21 Å². The molecule has 6 nitrogen and oxygen atoms in total. The minimum atomic E-state index is -3.52. The first-order valence-electron chi connectivity index (χ1n) is 9.33. The predicted molar refractivity (Wildman–Crippen MR) is 114 cm³/mol. The van der Waals surface area contributed by atoms with Gasteiger partial charge in [-0.25, -0.2) is 8.42 Å². The second-order valence-electron chi connectivity index (χ2n) is 7.31. The van der Waals surface area contributed by atoms with Gasteiger partial charge in [0, 0.05) is 29.4 Å². The van der Waals surface area contributed by atoms with Crippen LogP contribution in [-0.2, 0) is 14.8 Å². The lowest BCUT2D eigenvalue weighted by molar-refractivity contribution is -0.126.